The minimum absolute atomic E-state index is 0.0586. The monoisotopic (exact) mass is 468 g/mol. The van der Waals surface area contributed by atoms with E-state index in [0.29, 0.717) is 0 Å². The molecule has 0 heterocycles. The number of amides is 1. The van der Waals surface area contributed by atoms with Crippen molar-refractivity contribution >= 4 is 21.6 Å². The second-order valence-electron chi connectivity index (χ2n) is 8.38. The highest BCUT2D eigenvalue weighted by molar-refractivity contribution is 7.92. The Morgan fingerprint density at radius 2 is 1.48 bits per heavy atom. The molecule has 1 N–H and O–H groups in total. The molecule has 3 aromatic rings. The van der Waals surface area contributed by atoms with Crippen molar-refractivity contribution in [2.24, 2.45) is 0 Å². The fourth-order valence-corrected chi connectivity index (χ4v) is 5.13. The first-order valence-electron chi connectivity index (χ1n) is 10.7. The highest BCUT2D eigenvalue weighted by atomic mass is 32.2. The number of anilines is 1. The Hall–Kier alpha value is -3.19. The zero-order chi connectivity index (χ0) is 24.3. The van der Waals surface area contributed by atoms with Crippen molar-refractivity contribution in [3.8, 4) is 0 Å². The van der Waals surface area contributed by atoms with Crippen LogP contribution in [-0.2, 0) is 14.8 Å². The molecule has 0 fully saturated rings. The molecule has 0 aromatic heterocycles. The van der Waals surface area contributed by atoms with E-state index in [1.165, 1.54) is 42.0 Å². The molecule has 0 saturated carbocycles. The number of carbonyl (C=O) groups is 1. The van der Waals surface area contributed by atoms with E-state index in [-0.39, 0.29) is 16.6 Å². The largest absolute Gasteiger partial charge is 0.348 e. The Labute approximate surface area is 195 Å². The summed E-state index contributed by atoms with van der Waals surface area (Å²) in [5.74, 6) is -0.949. The van der Waals surface area contributed by atoms with E-state index in [1.54, 1.807) is 12.1 Å². The number of nitrogens with zero attached hydrogens (tertiary/aromatic N) is 1. The third-order valence-corrected chi connectivity index (χ3v) is 7.53. The van der Waals surface area contributed by atoms with Crippen molar-refractivity contribution in [3.05, 3.63) is 94.3 Å². The van der Waals surface area contributed by atoms with Crippen molar-refractivity contribution in [3.63, 3.8) is 0 Å². The topological polar surface area (TPSA) is 66.5 Å². The summed E-state index contributed by atoms with van der Waals surface area (Å²) in [5, 5.41) is 2.91. The van der Waals surface area contributed by atoms with Crippen LogP contribution in [0.2, 0.25) is 0 Å². The van der Waals surface area contributed by atoms with Gasteiger partial charge in [-0.1, -0.05) is 29.8 Å². The van der Waals surface area contributed by atoms with Gasteiger partial charge in [0.15, 0.2) is 0 Å². The van der Waals surface area contributed by atoms with Gasteiger partial charge < -0.3 is 5.32 Å². The lowest BCUT2D eigenvalue weighted by molar-refractivity contribution is -0.120. The van der Waals surface area contributed by atoms with Crippen molar-refractivity contribution in [1.82, 2.24) is 5.32 Å². The highest BCUT2D eigenvalue weighted by Crippen LogP contribution is 2.25. The molecular formula is C26H29FN2O3S. The Bertz CT molecular complexity index is 1250. The van der Waals surface area contributed by atoms with Gasteiger partial charge in [-0.15, -0.1) is 0 Å². The minimum atomic E-state index is -4.05. The number of benzene rings is 3. The third kappa shape index (κ3) is 5.60. The van der Waals surface area contributed by atoms with Crippen LogP contribution in [0.15, 0.2) is 65.6 Å². The molecule has 1 amide bonds. The summed E-state index contributed by atoms with van der Waals surface area (Å²) in [7, 11) is -4.05. The molecule has 0 unspecified atom stereocenters. The predicted octanol–water partition coefficient (Wildman–Crippen LogP) is 5.13. The van der Waals surface area contributed by atoms with Crippen LogP contribution in [0.25, 0.3) is 0 Å². The molecule has 7 heteroatoms. The van der Waals surface area contributed by atoms with E-state index in [0.717, 1.165) is 26.6 Å². The average Bonchev–Trinajstić information content (AvgIpc) is 2.75. The molecule has 3 rings (SSSR count). The van der Waals surface area contributed by atoms with Crippen molar-refractivity contribution in [2.75, 3.05) is 10.8 Å². The number of nitrogens with one attached hydrogen (secondary N) is 1. The van der Waals surface area contributed by atoms with Crippen molar-refractivity contribution in [2.45, 2.75) is 45.6 Å². The quantitative estimate of drug-likeness (QED) is 0.523. The summed E-state index contributed by atoms with van der Waals surface area (Å²) in [6.07, 6.45) is 0. The maximum Gasteiger partial charge on any atom is 0.264 e. The SMILES string of the molecule is Cc1ccc(S(=O)(=O)N(CC(=O)N[C@@H](C)c2cc(C)c(C)cc2C)c2ccc(F)cc2)cc1. The first-order valence-corrected chi connectivity index (χ1v) is 12.1. The second kappa shape index (κ2) is 9.75. The summed E-state index contributed by atoms with van der Waals surface area (Å²) < 4.78 is 41.3. The summed E-state index contributed by atoms with van der Waals surface area (Å²) in [6.45, 7) is 9.32. The Kier molecular flexibility index (Phi) is 7.22. The molecule has 0 bridgehead atoms. The van der Waals surface area contributed by atoms with Gasteiger partial charge in [-0.05, 0) is 93.3 Å². The normalized spacial score (nSPS) is 12.3. The van der Waals surface area contributed by atoms with Gasteiger partial charge in [0, 0.05) is 0 Å². The molecule has 33 heavy (non-hydrogen) atoms. The van der Waals surface area contributed by atoms with E-state index in [2.05, 4.69) is 11.4 Å². The third-order valence-electron chi connectivity index (χ3n) is 5.74. The molecule has 3 aromatic carbocycles. The Balaban J connectivity index is 1.90. The van der Waals surface area contributed by atoms with Crippen LogP contribution < -0.4 is 9.62 Å². The molecular weight excluding hydrogens is 439 g/mol. The number of sulfonamides is 1. The number of hydrogen-bond acceptors (Lipinski definition) is 3. The first kappa shape index (κ1) is 24.5. The van der Waals surface area contributed by atoms with Crippen LogP contribution in [0.3, 0.4) is 0 Å². The molecule has 0 spiro atoms. The van der Waals surface area contributed by atoms with Gasteiger partial charge in [0.2, 0.25) is 5.91 Å². The van der Waals surface area contributed by atoms with Crippen LogP contribution in [0.1, 0.15) is 40.8 Å². The smallest absolute Gasteiger partial charge is 0.264 e. The van der Waals surface area contributed by atoms with Gasteiger partial charge in [-0.3, -0.25) is 9.10 Å². The maximum atomic E-state index is 13.5. The summed E-state index contributed by atoms with van der Waals surface area (Å²) in [4.78, 5) is 13.0. The van der Waals surface area contributed by atoms with Crippen LogP contribution in [0, 0.1) is 33.5 Å². The van der Waals surface area contributed by atoms with E-state index >= 15 is 0 Å². The molecule has 0 saturated heterocycles. The predicted molar refractivity (Wildman–Crippen MR) is 129 cm³/mol. The summed E-state index contributed by atoms with van der Waals surface area (Å²) >= 11 is 0. The lowest BCUT2D eigenvalue weighted by Gasteiger charge is -2.25. The number of aryl methyl sites for hydroxylation is 4. The molecule has 0 aliphatic carbocycles. The Morgan fingerprint density at radius 3 is 2.09 bits per heavy atom. The van der Waals surface area contributed by atoms with Crippen LogP contribution in [0.4, 0.5) is 10.1 Å². The fraction of sp³-hybridized carbons (Fsp3) is 0.269. The van der Waals surface area contributed by atoms with E-state index < -0.39 is 28.3 Å². The average molecular weight is 469 g/mol. The van der Waals surface area contributed by atoms with Gasteiger partial charge in [0.05, 0.1) is 16.6 Å². The molecule has 5 nitrogen and oxygen atoms in total. The van der Waals surface area contributed by atoms with E-state index in [9.17, 15) is 17.6 Å². The number of halogens is 1. The van der Waals surface area contributed by atoms with Gasteiger partial charge >= 0.3 is 0 Å². The fourth-order valence-electron chi connectivity index (χ4n) is 3.70. The van der Waals surface area contributed by atoms with Crippen LogP contribution in [-0.4, -0.2) is 20.9 Å². The van der Waals surface area contributed by atoms with Crippen molar-refractivity contribution < 1.29 is 17.6 Å². The number of carbonyl (C=O) groups excluding carboxylic acids is 1. The maximum absolute atomic E-state index is 13.5. The standard InChI is InChI=1S/C26H29FN2O3S/c1-17-6-12-24(13-7-17)33(31,32)29(23-10-8-22(27)9-11-23)16-26(30)28-21(5)25-15-19(3)18(2)14-20(25)4/h6-15,21H,16H2,1-5H3,(H,28,30)/t21-/m0/s1. The van der Waals surface area contributed by atoms with Gasteiger partial charge in [0.1, 0.15) is 12.4 Å². The second-order valence-corrected chi connectivity index (χ2v) is 10.2. The number of rotatable bonds is 7. The van der Waals surface area contributed by atoms with Crippen LogP contribution >= 0.6 is 0 Å². The van der Waals surface area contributed by atoms with Gasteiger partial charge in [0.25, 0.3) is 10.0 Å². The highest BCUT2D eigenvalue weighted by Gasteiger charge is 2.28. The summed E-state index contributed by atoms with van der Waals surface area (Å²) in [5.41, 5.74) is 5.43. The summed E-state index contributed by atoms with van der Waals surface area (Å²) in [6, 6.07) is 15.2. The van der Waals surface area contributed by atoms with Crippen LogP contribution in [0.5, 0.6) is 0 Å². The lowest BCUT2D eigenvalue weighted by Crippen LogP contribution is -2.41. The lowest BCUT2D eigenvalue weighted by atomic mass is 9.96. The zero-order valence-corrected chi connectivity index (χ0v) is 20.3. The molecule has 1 atom stereocenters. The van der Waals surface area contributed by atoms with Gasteiger partial charge in [-0.2, -0.15) is 0 Å². The van der Waals surface area contributed by atoms with E-state index in [1.807, 2.05) is 40.7 Å². The molecule has 0 aliphatic heterocycles. The number of hydrogen-bond donors (Lipinski definition) is 1. The first-order chi connectivity index (χ1) is 15.5. The Morgan fingerprint density at radius 1 is 0.909 bits per heavy atom. The van der Waals surface area contributed by atoms with Gasteiger partial charge in [-0.25, -0.2) is 12.8 Å². The van der Waals surface area contributed by atoms with E-state index in [4.69, 9.17) is 0 Å². The molecule has 174 valence electrons. The minimum Gasteiger partial charge on any atom is -0.348 e. The zero-order valence-electron chi connectivity index (χ0n) is 19.5. The molecule has 0 aliphatic rings. The molecule has 0 radical (unpaired) electrons. The van der Waals surface area contributed by atoms with Crippen molar-refractivity contribution in [1.29, 1.82) is 0 Å².